The molecule has 0 spiro atoms. The monoisotopic (exact) mass is 367 g/mol. The van der Waals surface area contributed by atoms with Crippen molar-refractivity contribution in [1.29, 1.82) is 0 Å². The van der Waals surface area contributed by atoms with Gasteiger partial charge in [0.15, 0.2) is 11.5 Å². The van der Waals surface area contributed by atoms with Crippen molar-refractivity contribution in [2.24, 2.45) is 17.8 Å². The second-order valence-electron chi connectivity index (χ2n) is 8.44. The van der Waals surface area contributed by atoms with E-state index in [1.165, 1.54) is 25.7 Å². The molecule has 0 saturated heterocycles. The van der Waals surface area contributed by atoms with Crippen molar-refractivity contribution in [1.82, 2.24) is 10.3 Å². The molecule has 0 aliphatic heterocycles. The van der Waals surface area contributed by atoms with Crippen LogP contribution in [0.2, 0.25) is 0 Å². The molecule has 27 heavy (non-hydrogen) atoms. The van der Waals surface area contributed by atoms with Crippen LogP contribution in [-0.4, -0.2) is 23.3 Å². The number of carbonyl (C=O) groups is 2. The van der Waals surface area contributed by atoms with Gasteiger partial charge in [-0.15, -0.1) is 0 Å². The quantitative estimate of drug-likeness (QED) is 0.791. The molecular formula is C21H25N3O3. The molecule has 0 radical (unpaired) electrons. The van der Waals surface area contributed by atoms with Crippen LogP contribution < -0.4 is 10.6 Å². The van der Waals surface area contributed by atoms with Crippen molar-refractivity contribution < 1.29 is 14.0 Å². The van der Waals surface area contributed by atoms with Crippen LogP contribution in [-0.2, 0) is 9.59 Å². The minimum absolute atomic E-state index is 0.441. The second-order valence-corrected chi connectivity index (χ2v) is 8.44. The Labute approximate surface area is 158 Å². The number of benzene rings is 1. The van der Waals surface area contributed by atoms with Crippen LogP contribution in [0.15, 0.2) is 22.6 Å². The van der Waals surface area contributed by atoms with Gasteiger partial charge in [-0.05, 0) is 74.5 Å². The van der Waals surface area contributed by atoms with Gasteiger partial charge in [-0.3, -0.25) is 9.59 Å². The van der Waals surface area contributed by atoms with Crippen LogP contribution in [0.4, 0.5) is 5.69 Å². The average Bonchev–Trinajstić information content (AvgIpc) is 3.10. The molecule has 2 aromatic rings. The molecule has 2 bridgehead atoms. The highest BCUT2D eigenvalue weighted by Crippen LogP contribution is 2.49. The summed E-state index contributed by atoms with van der Waals surface area (Å²) in [5, 5.41) is 5.43. The number of fused-ring (bicyclic) bond motifs is 3. The molecule has 3 unspecified atom stereocenters. The third-order valence-electron chi connectivity index (χ3n) is 6.48. The summed E-state index contributed by atoms with van der Waals surface area (Å²) in [4.78, 5) is 28.7. The molecule has 3 aliphatic rings. The van der Waals surface area contributed by atoms with Gasteiger partial charge in [0.25, 0.3) is 0 Å². The minimum atomic E-state index is -0.631. The van der Waals surface area contributed by atoms with E-state index in [0.29, 0.717) is 29.2 Å². The van der Waals surface area contributed by atoms with Gasteiger partial charge in [0.1, 0.15) is 5.52 Å². The smallest absolute Gasteiger partial charge is 0.313 e. The highest BCUT2D eigenvalue weighted by Gasteiger charge is 2.38. The van der Waals surface area contributed by atoms with Crippen molar-refractivity contribution in [2.45, 2.75) is 50.9 Å². The summed E-state index contributed by atoms with van der Waals surface area (Å²) in [7, 11) is 0. The Morgan fingerprint density at radius 1 is 1.11 bits per heavy atom. The minimum Gasteiger partial charge on any atom is -0.440 e. The molecule has 142 valence electrons. The lowest BCUT2D eigenvalue weighted by Gasteiger charge is -2.21. The van der Waals surface area contributed by atoms with E-state index in [-0.39, 0.29) is 0 Å². The standard InChI is InChI=1S/C21H25N3O3/c25-19(22-8-7-15-10-12-1-2-14(15)9-12)20(26)23-16-5-6-18-17(11-16)24-21(27-18)13-3-4-13/h5-6,11-15H,1-4,7-10H2,(H,22,25)(H,23,26). The largest absolute Gasteiger partial charge is 0.440 e. The molecule has 1 aromatic carbocycles. The first kappa shape index (κ1) is 16.8. The molecule has 3 atom stereocenters. The van der Waals surface area contributed by atoms with Crippen LogP contribution in [0.25, 0.3) is 11.1 Å². The number of aromatic nitrogens is 1. The van der Waals surface area contributed by atoms with Crippen molar-refractivity contribution in [3.63, 3.8) is 0 Å². The molecule has 5 rings (SSSR count). The molecule has 3 aliphatic carbocycles. The van der Waals surface area contributed by atoms with Crippen molar-refractivity contribution in [2.75, 3.05) is 11.9 Å². The van der Waals surface area contributed by atoms with E-state index in [2.05, 4.69) is 15.6 Å². The Morgan fingerprint density at radius 3 is 2.74 bits per heavy atom. The van der Waals surface area contributed by atoms with Gasteiger partial charge in [-0.25, -0.2) is 4.98 Å². The molecule has 3 saturated carbocycles. The van der Waals surface area contributed by atoms with Gasteiger partial charge in [0, 0.05) is 18.2 Å². The topological polar surface area (TPSA) is 84.2 Å². The zero-order chi connectivity index (χ0) is 18.4. The highest BCUT2D eigenvalue weighted by molar-refractivity contribution is 6.39. The fourth-order valence-electron chi connectivity index (χ4n) is 4.90. The van der Waals surface area contributed by atoms with E-state index in [0.717, 1.165) is 42.9 Å². The van der Waals surface area contributed by atoms with Crippen LogP contribution >= 0.6 is 0 Å². The first-order chi connectivity index (χ1) is 13.2. The number of nitrogens with one attached hydrogen (secondary N) is 2. The summed E-state index contributed by atoms with van der Waals surface area (Å²) in [6, 6.07) is 5.28. The summed E-state index contributed by atoms with van der Waals surface area (Å²) in [5.74, 6) is 2.48. The van der Waals surface area contributed by atoms with Crippen LogP contribution in [0.5, 0.6) is 0 Å². The van der Waals surface area contributed by atoms with Gasteiger partial charge in [0.2, 0.25) is 0 Å². The summed E-state index contributed by atoms with van der Waals surface area (Å²) in [5.41, 5.74) is 1.99. The van der Waals surface area contributed by atoms with Crippen molar-refractivity contribution >= 4 is 28.6 Å². The number of anilines is 1. The summed E-state index contributed by atoms with van der Waals surface area (Å²) in [6.45, 7) is 0.577. The van der Waals surface area contributed by atoms with E-state index in [9.17, 15) is 9.59 Å². The second kappa shape index (κ2) is 6.66. The predicted molar refractivity (Wildman–Crippen MR) is 101 cm³/mol. The van der Waals surface area contributed by atoms with E-state index in [4.69, 9.17) is 4.42 Å². The van der Waals surface area contributed by atoms with Crippen LogP contribution in [0.1, 0.15) is 56.8 Å². The van der Waals surface area contributed by atoms with Gasteiger partial charge in [0.05, 0.1) is 0 Å². The maximum Gasteiger partial charge on any atom is 0.313 e. The van der Waals surface area contributed by atoms with Crippen molar-refractivity contribution in [3.05, 3.63) is 24.1 Å². The van der Waals surface area contributed by atoms with Crippen molar-refractivity contribution in [3.8, 4) is 0 Å². The van der Waals surface area contributed by atoms with E-state index in [1.54, 1.807) is 18.2 Å². The summed E-state index contributed by atoms with van der Waals surface area (Å²) in [6.07, 6.45) is 8.62. The third-order valence-corrected chi connectivity index (χ3v) is 6.48. The van der Waals surface area contributed by atoms with Crippen LogP contribution in [0, 0.1) is 17.8 Å². The molecule has 1 aromatic heterocycles. The molecular weight excluding hydrogens is 342 g/mol. The zero-order valence-electron chi connectivity index (χ0n) is 15.4. The number of rotatable bonds is 5. The molecule has 6 nitrogen and oxygen atoms in total. The number of carbonyl (C=O) groups excluding carboxylic acids is 2. The molecule has 3 fully saturated rings. The van der Waals surface area contributed by atoms with E-state index in [1.807, 2.05) is 0 Å². The van der Waals surface area contributed by atoms with E-state index >= 15 is 0 Å². The fraction of sp³-hybridized carbons (Fsp3) is 0.571. The van der Waals surface area contributed by atoms with E-state index < -0.39 is 11.8 Å². The third kappa shape index (κ3) is 3.45. The molecule has 2 N–H and O–H groups in total. The van der Waals surface area contributed by atoms with Crippen LogP contribution in [0.3, 0.4) is 0 Å². The van der Waals surface area contributed by atoms with Gasteiger partial charge >= 0.3 is 11.8 Å². The van der Waals surface area contributed by atoms with Gasteiger partial charge in [-0.2, -0.15) is 0 Å². The Bertz CT molecular complexity index is 886. The first-order valence-corrected chi connectivity index (χ1v) is 10.2. The number of oxazole rings is 1. The van der Waals surface area contributed by atoms with Gasteiger partial charge < -0.3 is 15.1 Å². The summed E-state index contributed by atoms with van der Waals surface area (Å²) < 4.78 is 5.72. The molecule has 6 heteroatoms. The lowest BCUT2D eigenvalue weighted by Crippen LogP contribution is -2.36. The highest BCUT2D eigenvalue weighted by atomic mass is 16.3. The number of nitrogens with zero attached hydrogens (tertiary/aromatic N) is 1. The first-order valence-electron chi connectivity index (χ1n) is 10.2. The maximum absolute atomic E-state index is 12.2. The summed E-state index contributed by atoms with van der Waals surface area (Å²) >= 11 is 0. The zero-order valence-corrected chi connectivity index (χ0v) is 15.4. The SMILES string of the molecule is O=C(NCCC1CC2CCC1C2)C(=O)Nc1ccc2oc(C3CC3)nc2c1. The molecule has 2 amide bonds. The lowest BCUT2D eigenvalue weighted by molar-refractivity contribution is -0.136. The Balaban J connectivity index is 1.13. The lowest BCUT2D eigenvalue weighted by atomic mass is 9.86. The van der Waals surface area contributed by atoms with Gasteiger partial charge in [-0.1, -0.05) is 6.42 Å². The Hall–Kier alpha value is -2.37. The Morgan fingerprint density at radius 2 is 2.00 bits per heavy atom. The number of hydrogen-bond donors (Lipinski definition) is 2. The maximum atomic E-state index is 12.2. The number of hydrogen-bond acceptors (Lipinski definition) is 4. The molecule has 1 heterocycles. The normalized spacial score (nSPS) is 26.4. The Kier molecular flexibility index (Phi) is 4.14. The number of amides is 2. The predicted octanol–water partition coefficient (Wildman–Crippen LogP) is 3.59. The fourth-order valence-corrected chi connectivity index (χ4v) is 4.90. The average molecular weight is 367 g/mol.